The Morgan fingerprint density at radius 3 is 1.22 bits per heavy atom. The van der Waals surface area contributed by atoms with Crippen LogP contribution in [0.25, 0.3) is 0 Å². The summed E-state index contributed by atoms with van der Waals surface area (Å²) in [5, 5.41) is 42.4. The van der Waals surface area contributed by atoms with Crippen molar-refractivity contribution in [1.82, 2.24) is 9.80 Å². The van der Waals surface area contributed by atoms with Gasteiger partial charge >= 0.3 is 21.7 Å². The fourth-order valence-corrected chi connectivity index (χ4v) is 2.83. The summed E-state index contributed by atoms with van der Waals surface area (Å²) in [6.45, 7) is 5.11. The van der Waals surface area contributed by atoms with Crippen molar-refractivity contribution in [2.24, 2.45) is 0 Å². The van der Waals surface area contributed by atoms with Crippen LogP contribution < -0.4 is 20.4 Å². The van der Waals surface area contributed by atoms with Gasteiger partial charge in [0.25, 0.3) is 0 Å². The molecule has 0 aromatic heterocycles. The van der Waals surface area contributed by atoms with E-state index < -0.39 is 34.8 Å². The van der Waals surface area contributed by atoms with Crippen LogP contribution in [0, 0.1) is 23.3 Å². The predicted molar refractivity (Wildman–Crippen MR) is 124 cm³/mol. The Bertz CT molecular complexity index is 819. The van der Waals surface area contributed by atoms with Gasteiger partial charge in [-0.1, -0.05) is 51.0 Å². The maximum absolute atomic E-state index is 13.3. The average Bonchev–Trinajstić information content (AvgIpc) is 2.81. The van der Waals surface area contributed by atoms with Gasteiger partial charge in [-0.15, -0.1) is 13.2 Å². The van der Waals surface area contributed by atoms with Gasteiger partial charge in [0, 0.05) is 38.3 Å². The van der Waals surface area contributed by atoms with Crippen molar-refractivity contribution < 1.29 is 59.7 Å². The molecule has 37 heavy (non-hydrogen) atoms. The molecule has 0 unspecified atom stereocenters. The Morgan fingerprint density at radius 1 is 0.649 bits per heavy atom. The van der Waals surface area contributed by atoms with Crippen molar-refractivity contribution in [2.45, 2.75) is 52.6 Å². The first-order valence-corrected chi connectivity index (χ1v) is 11.8. The summed E-state index contributed by atoms with van der Waals surface area (Å²) in [6, 6.07) is 3.06. The van der Waals surface area contributed by atoms with Crippen LogP contribution in [-0.2, 0) is 34.8 Å². The second kappa shape index (κ2) is 21.3. The van der Waals surface area contributed by atoms with E-state index >= 15 is 0 Å². The Hall–Kier alpha value is -1.69. The molecule has 0 aliphatic heterocycles. The smallest absolute Gasteiger partial charge is 0.870 e. The Morgan fingerprint density at radius 2 is 0.973 bits per heavy atom. The van der Waals surface area contributed by atoms with Crippen LogP contribution >= 0.6 is 0 Å². The molecule has 0 spiro atoms. The Kier molecular flexibility index (Phi) is 21.5. The molecule has 11 heteroatoms. The standard InChI is InChI=1S/C18H20F4N2O2.2C4H9O.Ti/c1-23(9-11-5-13(19)7-15(21)17(11)25)3-4-24(2)10-12-6-14(20)8-16(22)18(12)26;2*1-2-3-4-5;/h5-8,25-26H,3-4,9-10H2,1-2H3;2*2-4H2,1H3;/q;2*-1;+4/p-2. The first-order valence-electron chi connectivity index (χ1n) is 11.8. The van der Waals surface area contributed by atoms with E-state index in [0.717, 1.165) is 37.8 Å². The second-order valence-corrected chi connectivity index (χ2v) is 8.34. The Balaban J connectivity index is 0. The summed E-state index contributed by atoms with van der Waals surface area (Å²) in [6.07, 6.45) is 3.73. The van der Waals surface area contributed by atoms with Gasteiger partial charge < -0.3 is 30.2 Å². The van der Waals surface area contributed by atoms with Crippen LogP contribution in [0.4, 0.5) is 17.6 Å². The molecule has 0 saturated carbocycles. The van der Waals surface area contributed by atoms with Gasteiger partial charge in [-0.2, -0.15) is 0 Å². The van der Waals surface area contributed by atoms with Gasteiger partial charge in [0.15, 0.2) is 0 Å². The summed E-state index contributed by atoms with van der Waals surface area (Å²) in [5.41, 5.74) is 0.00315. The zero-order valence-electron chi connectivity index (χ0n) is 21.9. The number of rotatable bonds is 11. The molecule has 0 amide bonds. The van der Waals surface area contributed by atoms with Gasteiger partial charge in [0.1, 0.15) is 23.3 Å². The normalized spacial score (nSPS) is 10.4. The molecule has 0 N–H and O–H groups in total. The van der Waals surface area contributed by atoms with Gasteiger partial charge in [-0.25, -0.2) is 17.6 Å². The van der Waals surface area contributed by atoms with E-state index in [1.807, 2.05) is 13.8 Å². The first-order chi connectivity index (χ1) is 17.0. The van der Waals surface area contributed by atoms with E-state index in [2.05, 4.69) is 0 Å². The zero-order chi connectivity index (χ0) is 27.7. The van der Waals surface area contributed by atoms with E-state index in [1.165, 1.54) is 0 Å². The van der Waals surface area contributed by atoms with Crippen LogP contribution in [0.5, 0.6) is 11.5 Å². The number of hydrogen-bond donors (Lipinski definition) is 0. The average molecular weight is 564 g/mol. The number of hydrogen-bond acceptors (Lipinski definition) is 6. The van der Waals surface area contributed by atoms with Crippen molar-refractivity contribution in [2.75, 3.05) is 40.4 Å². The van der Waals surface area contributed by atoms with Crippen molar-refractivity contribution in [3.05, 3.63) is 58.7 Å². The van der Waals surface area contributed by atoms with Crippen molar-refractivity contribution >= 4 is 0 Å². The third-order valence-corrected chi connectivity index (χ3v) is 4.91. The molecule has 6 nitrogen and oxygen atoms in total. The minimum atomic E-state index is -1.14. The molecule has 2 aromatic rings. The van der Waals surface area contributed by atoms with Gasteiger partial charge in [-0.05, 0) is 37.4 Å². The minimum Gasteiger partial charge on any atom is -0.870 e. The number of likely N-dealkylation sites (N-methyl/N-ethyl adjacent to an activating group) is 2. The van der Waals surface area contributed by atoms with E-state index in [0.29, 0.717) is 25.2 Å². The van der Waals surface area contributed by atoms with Crippen molar-refractivity contribution in [1.29, 1.82) is 0 Å². The molecule has 0 aliphatic carbocycles. The summed E-state index contributed by atoms with van der Waals surface area (Å²) >= 11 is 0. The first kappa shape index (κ1) is 37.5. The molecule has 0 heterocycles. The van der Waals surface area contributed by atoms with E-state index in [4.69, 9.17) is 0 Å². The fourth-order valence-electron chi connectivity index (χ4n) is 2.83. The summed E-state index contributed by atoms with van der Waals surface area (Å²) in [7, 11) is 3.33. The van der Waals surface area contributed by atoms with Gasteiger partial charge in [-0.3, -0.25) is 0 Å². The number of nitrogens with zero attached hydrogens (tertiary/aromatic N) is 2. The number of unbranched alkanes of at least 4 members (excludes halogenated alkanes) is 2. The maximum atomic E-state index is 13.3. The fraction of sp³-hybridized carbons (Fsp3) is 0.538. The summed E-state index contributed by atoms with van der Waals surface area (Å²) in [5.74, 6) is -5.61. The maximum Gasteiger partial charge on any atom is 4.00 e. The second-order valence-electron chi connectivity index (χ2n) is 8.34. The minimum absolute atomic E-state index is 0. The summed E-state index contributed by atoms with van der Waals surface area (Å²) < 4.78 is 53.0. The van der Waals surface area contributed by atoms with Crippen LogP contribution in [0.2, 0.25) is 0 Å². The van der Waals surface area contributed by atoms with E-state index in [-0.39, 0.29) is 59.1 Å². The van der Waals surface area contributed by atoms with Gasteiger partial charge in [0.2, 0.25) is 0 Å². The van der Waals surface area contributed by atoms with Crippen LogP contribution in [0.1, 0.15) is 50.7 Å². The monoisotopic (exact) mass is 564 g/mol. The van der Waals surface area contributed by atoms with E-state index in [1.54, 1.807) is 23.9 Å². The number of benzene rings is 2. The SMILES string of the molecule is CCCC[O-].CCCC[O-].CN(CCN(C)Cc1cc(F)cc(F)c1[O-])Cc1cc(F)cc(F)c1[O-].[Ti+4]. The van der Waals surface area contributed by atoms with Crippen molar-refractivity contribution in [3.63, 3.8) is 0 Å². The topological polar surface area (TPSA) is 98.7 Å². The third kappa shape index (κ3) is 16.0. The van der Waals surface area contributed by atoms with Crippen LogP contribution in [0.15, 0.2) is 24.3 Å². The molecule has 0 atom stereocenters. The number of halogens is 4. The molecule has 206 valence electrons. The Labute approximate surface area is 232 Å². The molecular formula is C26H36F4N2O4Ti. The van der Waals surface area contributed by atoms with Crippen molar-refractivity contribution in [3.8, 4) is 11.5 Å². The quantitative estimate of drug-likeness (QED) is 0.307. The summed E-state index contributed by atoms with van der Waals surface area (Å²) in [4.78, 5) is 3.35. The molecular weight excluding hydrogens is 528 g/mol. The largest absolute Gasteiger partial charge is 4.00 e. The molecule has 0 bridgehead atoms. The van der Waals surface area contributed by atoms with Crippen LogP contribution in [-0.4, -0.2) is 50.2 Å². The molecule has 0 aliphatic rings. The third-order valence-electron chi connectivity index (χ3n) is 4.91. The molecule has 0 radical (unpaired) electrons. The van der Waals surface area contributed by atoms with Crippen LogP contribution in [0.3, 0.4) is 0 Å². The van der Waals surface area contributed by atoms with Gasteiger partial charge in [0.05, 0.1) is 0 Å². The predicted octanol–water partition coefficient (Wildman–Crippen LogP) is 2.25. The molecule has 0 saturated heterocycles. The molecule has 2 rings (SSSR count). The molecule has 2 aromatic carbocycles. The van der Waals surface area contributed by atoms with E-state index in [9.17, 15) is 38.0 Å². The molecule has 0 fully saturated rings. The zero-order valence-corrected chi connectivity index (χ0v) is 23.5.